The summed E-state index contributed by atoms with van der Waals surface area (Å²) in [7, 11) is 0. The molecule has 3 amide bonds. The van der Waals surface area contributed by atoms with Crippen molar-refractivity contribution in [3.63, 3.8) is 0 Å². The number of aliphatic hydroxyl groups excluding tert-OH is 6. The van der Waals surface area contributed by atoms with Gasteiger partial charge >= 0.3 is 0 Å². The number of ether oxygens (including phenoxy) is 1. The molecule has 0 aliphatic rings. The van der Waals surface area contributed by atoms with Crippen molar-refractivity contribution in [2.24, 2.45) is 0 Å². The first kappa shape index (κ1) is 34.1. The van der Waals surface area contributed by atoms with Crippen LogP contribution in [0.15, 0.2) is 0 Å². The number of hydrogen-bond acceptors (Lipinski definition) is 10. The summed E-state index contributed by atoms with van der Waals surface area (Å²) >= 11 is 9.09. The van der Waals surface area contributed by atoms with Gasteiger partial charge in [0, 0.05) is 9.45 Å². The Kier molecular flexibility index (Phi) is 15.6. The van der Waals surface area contributed by atoms with E-state index in [9.17, 15) is 45.0 Å². The van der Waals surface area contributed by atoms with E-state index in [0.29, 0.717) is 0 Å². The van der Waals surface area contributed by atoms with Crippen LogP contribution in [0.25, 0.3) is 0 Å². The summed E-state index contributed by atoms with van der Waals surface area (Å²) in [6.45, 7) is -1.59. The topological polar surface area (TPSA) is 218 Å². The number of hydrogen-bond donors (Lipinski definition) is 9. The molecule has 0 spiro atoms. The van der Waals surface area contributed by atoms with Crippen molar-refractivity contribution in [1.29, 1.82) is 0 Å². The highest BCUT2D eigenvalue weighted by Gasteiger charge is 2.31. The van der Waals surface area contributed by atoms with Crippen LogP contribution in [-0.4, -0.2) is 118 Å². The molecule has 16 heteroatoms. The number of carbonyl (C=O) groups excluding carboxylic acids is 3. The molecule has 0 aliphatic heterocycles. The summed E-state index contributed by atoms with van der Waals surface area (Å²) in [4.78, 5) is 38.9. The fourth-order valence-corrected chi connectivity index (χ4v) is 5.92. The van der Waals surface area contributed by atoms with Crippen molar-refractivity contribution >= 4 is 80.2 Å². The molecule has 13 nitrogen and oxygen atoms in total. The van der Waals surface area contributed by atoms with Crippen molar-refractivity contribution in [3.05, 3.63) is 23.8 Å². The number of rotatable bonds is 15. The number of benzene rings is 1. The normalized spacial score (nSPS) is 14.4. The molecule has 9 N–H and O–H groups in total. The lowest BCUT2D eigenvalue weighted by molar-refractivity contribution is -0.120. The number of carbonyl (C=O) groups is 3. The van der Waals surface area contributed by atoms with Crippen LogP contribution in [0.4, 0.5) is 5.69 Å². The van der Waals surface area contributed by atoms with Gasteiger partial charge in [0.25, 0.3) is 11.8 Å². The Morgan fingerprint density at radius 1 is 0.865 bits per heavy atom. The molecule has 37 heavy (non-hydrogen) atoms. The summed E-state index contributed by atoms with van der Waals surface area (Å²) in [5.41, 5.74) is 0.191. The van der Waals surface area contributed by atoms with Gasteiger partial charge in [-0.05, 0) is 57.7 Å². The first-order valence-corrected chi connectivity index (χ1v) is 13.5. The molecule has 1 aromatic carbocycles. The van der Waals surface area contributed by atoms with Gasteiger partial charge in [-0.3, -0.25) is 14.4 Å². The molecule has 0 bridgehead atoms. The lowest BCUT2D eigenvalue weighted by Crippen LogP contribution is -2.48. The maximum absolute atomic E-state index is 13.2. The van der Waals surface area contributed by atoms with Crippen molar-refractivity contribution < 1.29 is 49.8 Å². The molecule has 1 rings (SSSR count). The molecule has 0 saturated heterocycles. The number of aliphatic hydroxyl groups is 6. The van der Waals surface area contributed by atoms with Crippen molar-refractivity contribution in [2.75, 3.05) is 50.8 Å². The standard InChI is InChI=1S/C21H30ClI2N3O10/c1-9-15(20(35)25-10(4-28)12(32)6-30)17(23)16(21(36)26-11(5-29)13(33)7-31)18(24)19(9)27-14(34)8-37-3-2-22/h10-13,28-33H,2-8H2,1H3,(H,25,35)(H,26,36)(H,27,34). The van der Waals surface area contributed by atoms with E-state index in [2.05, 4.69) is 16.0 Å². The largest absolute Gasteiger partial charge is 0.394 e. The fourth-order valence-electron chi connectivity index (χ4n) is 3.08. The van der Waals surface area contributed by atoms with Crippen LogP contribution in [0.3, 0.4) is 0 Å². The Hall–Kier alpha value is -0.900. The average molecular weight is 774 g/mol. The van der Waals surface area contributed by atoms with Gasteiger partial charge in [-0.2, -0.15) is 0 Å². The van der Waals surface area contributed by atoms with Crippen LogP contribution >= 0.6 is 56.8 Å². The van der Waals surface area contributed by atoms with E-state index < -0.39 is 68.4 Å². The average Bonchev–Trinajstić information content (AvgIpc) is 2.87. The molecule has 0 aromatic heterocycles. The molecule has 0 radical (unpaired) electrons. The number of nitrogens with one attached hydrogen (secondary N) is 3. The van der Waals surface area contributed by atoms with Gasteiger partial charge in [0.2, 0.25) is 5.91 Å². The maximum Gasteiger partial charge on any atom is 0.253 e. The number of anilines is 1. The maximum atomic E-state index is 13.2. The van der Waals surface area contributed by atoms with Crippen molar-refractivity contribution in [3.8, 4) is 0 Å². The molecule has 210 valence electrons. The summed E-state index contributed by atoms with van der Waals surface area (Å²) < 4.78 is 5.47. The summed E-state index contributed by atoms with van der Waals surface area (Å²) in [6, 6.07) is -2.46. The Bertz CT molecular complexity index is 897. The Morgan fingerprint density at radius 3 is 1.78 bits per heavy atom. The minimum absolute atomic E-state index is 0.0741. The van der Waals surface area contributed by atoms with E-state index in [4.69, 9.17) is 16.3 Å². The van der Waals surface area contributed by atoms with Gasteiger partial charge in [-0.25, -0.2) is 0 Å². The minimum atomic E-state index is -1.47. The van der Waals surface area contributed by atoms with Crippen LogP contribution < -0.4 is 16.0 Å². The van der Waals surface area contributed by atoms with Gasteiger partial charge in [-0.1, -0.05) is 0 Å². The summed E-state index contributed by atoms with van der Waals surface area (Å²) in [5.74, 6) is -2.07. The molecule has 4 atom stereocenters. The van der Waals surface area contributed by atoms with Gasteiger partial charge in [0.05, 0.1) is 77.7 Å². The molecule has 0 saturated carbocycles. The predicted molar refractivity (Wildman–Crippen MR) is 150 cm³/mol. The lowest BCUT2D eigenvalue weighted by Gasteiger charge is -2.25. The SMILES string of the molecule is Cc1c(NC(=O)COCCCl)c(I)c(C(=O)NC(CO)C(O)CO)c(I)c1C(=O)NC(CO)C(O)CO. The highest BCUT2D eigenvalue weighted by atomic mass is 127. The van der Waals surface area contributed by atoms with E-state index in [1.165, 1.54) is 6.92 Å². The van der Waals surface area contributed by atoms with E-state index in [-0.39, 0.29) is 48.6 Å². The Morgan fingerprint density at radius 2 is 1.35 bits per heavy atom. The van der Waals surface area contributed by atoms with Gasteiger partial charge < -0.3 is 51.3 Å². The minimum Gasteiger partial charge on any atom is -0.394 e. The highest BCUT2D eigenvalue weighted by molar-refractivity contribution is 14.1. The molecular weight excluding hydrogens is 744 g/mol. The van der Waals surface area contributed by atoms with Crippen LogP contribution in [0.1, 0.15) is 26.3 Å². The van der Waals surface area contributed by atoms with Crippen LogP contribution in [0.2, 0.25) is 0 Å². The van der Waals surface area contributed by atoms with Crippen molar-refractivity contribution in [1.82, 2.24) is 10.6 Å². The van der Waals surface area contributed by atoms with Gasteiger partial charge in [0.1, 0.15) is 6.61 Å². The molecule has 0 heterocycles. The number of amides is 3. The van der Waals surface area contributed by atoms with Crippen molar-refractivity contribution in [2.45, 2.75) is 31.2 Å². The third kappa shape index (κ3) is 9.36. The highest BCUT2D eigenvalue weighted by Crippen LogP contribution is 2.34. The zero-order chi connectivity index (χ0) is 28.3. The van der Waals surface area contributed by atoms with E-state index in [1.807, 2.05) is 0 Å². The second-order valence-electron chi connectivity index (χ2n) is 7.69. The molecule has 4 unspecified atom stereocenters. The second kappa shape index (κ2) is 16.9. The second-order valence-corrected chi connectivity index (χ2v) is 10.2. The quantitative estimate of drug-likeness (QED) is 0.0559. The third-order valence-corrected chi connectivity index (χ3v) is 7.44. The molecular formula is C21H30ClI2N3O10. The Balaban J connectivity index is 3.62. The van der Waals surface area contributed by atoms with Crippen LogP contribution in [-0.2, 0) is 9.53 Å². The van der Waals surface area contributed by atoms with Gasteiger partial charge in [0.15, 0.2) is 0 Å². The molecule has 0 aliphatic carbocycles. The molecule has 1 aromatic rings. The number of alkyl halides is 1. The predicted octanol–water partition coefficient (Wildman–Crippen LogP) is -1.71. The monoisotopic (exact) mass is 773 g/mol. The summed E-state index contributed by atoms with van der Waals surface area (Å²) in [6.07, 6.45) is -2.94. The van der Waals surface area contributed by atoms with E-state index in [1.54, 1.807) is 45.2 Å². The number of halogens is 3. The summed E-state index contributed by atoms with van der Waals surface area (Å²) in [5, 5.41) is 64.6. The van der Waals surface area contributed by atoms with Crippen LogP contribution in [0, 0.1) is 14.1 Å². The smallest absolute Gasteiger partial charge is 0.253 e. The zero-order valence-corrected chi connectivity index (χ0v) is 24.8. The van der Waals surface area contributed by atoms with E-state index >= 15 is 0 Å². The van der Waals surface area contributed by atoms with E-state index in [0.717, 1.165) is 0 Å². The fraction of sp³-hybridized carbons (Fsp3) is 0.571. The Labute approximate surface area is 245 Å². The first-order valence-electron chi connectivity index (χ1n) is 10.8. The lowest BCUT2D eigenvalue weighted by atomic mass is 10.00. The first-order chi connectivity index (χ1) is 17.5. The molecule has 0 fully saturated rings. The zero-order valence-electron chi connectivity index (χ0n) is 19.7. The third-order valence-electron chi connectivity index (χ3n) is 5.13. The van der Waals surface area contributed by atoms with Crippen LogP contribution in [0.5, 0.6) is 0 Å². The van der Waals surface area contributed by atoms with Gasteiger partial charge in [-0.15, -0.1) is 11.6 Å².